The summed E-state index contributed by atoms with van der Waals surface area (Å²) in [5, 5.41) is 10.2. The Morgan fingerprint density at radius 3 is 2.27 bits per heavy atom. The van der Waals surface area contributed by atoms with Crippen molar-refractivity contribution in [2.75, 3.05) is 0 Å². The maximum Gasteiger partial charge on any atom is 0.293 e. The monoisotopic (exact) mass is 535 g/mol. The van der Waals surface area contributed by atoms with Crippen molar-refractivity contribution in [2.45, 2.75) is 6.54 Å². The molecule has 0 unspecified atom stereocenters. The molecule has 1 aliphatic heterocycles. The van der Waals surface area contributed by atoms with Gasteiger partial charge in [0.25, 0.3) is 11.1 Å². The highest BCUT2D eigenvalue weighted by Gasteiger charge is 2.35. The molecule has 134 valence electrons. The standard InChI is InChI=1S/C17H9Br2Cl2NO3S/c18-10-4-8(5-11(19)15(10)23)6-14-16(24)22(17(25)26-14)7-9-12(20)2-1-3-13(9)21/h1-6,23H,7H2/b14-6-. The van der Waals surface area contributed by atoms with Crippen molar-refractivity contribution in [2.24, 2.45) is 0 Å². The van der Waals surface area contributed by atoms with E-state index in [0.717, 1.165) is 16.7 Å². The normalized spacial score (nSPS) is 16.0. The molecule has 1 heterocycles. The van der Waals surface area contributed by atoms with Gasteiger partial charge in [0.1, 0.15) is 5.75 Å². The number of imide groups is 1. The lowest BCUT2D eigenvalue weighted by atomic mass is 10.2. The van der Waals surface area contributed by atoms with Gasteiger partial charge in [0, 0.05) is 15.6 Å². The number of thioether (sulfide) groups is 1. The molecule has 0 radical (unpaired) electrons. The molecule has 1 saturated heterocycles. The Morgan fingerprint density at radius 1 is 1.12 bits per heavy atom. The van der Waals surface area contributed by atoms with E-state index in [2.05, 4.69) is 31.9 Å². The number of halogens is 4. The number of carbonyl (C=O) groups is 2. The number of phenolic OH excluding ortho intramolecular Hbond substituents is 1. The first-order chi connectivity index (χ1) is 12.3. The molecule has 1 aliphatic rings. The zero-order chi connectivity index (χ0) is 19.0. The maximum absolute atomic E-state index is 12.6. The number of hydrogen-bond acceptors (Lipinski definition) is 4. The highest BCUT2D eigenvalue weighted by molar-refractivity contribution is 9.11. The summed E-state index contributed by atoms with van der Waals surface area (Å²) < 4.78 is 0.945. The van der Waals surface area contributed by atoms with E-state index in [0.29, 0.717) is 30.1 Å². The van der Waals surface area contributed by atoms with Crippen molar-refractivity contribution in [3.8, 4) is 5.75 Å². The van der Waals surface area contributed by atoms with Gasteiger partial charge in [0.05, 0.1) is 20.4 Å². The molecule has 4 nitrogen and oxygen atoms in total. The van der Waals surface area contributed by atoms with Crippen molar-refractivity contribution in [3.63, 3.8) is 0 Å². The molecule has 0 atom stereocenters. The lowest BCUT2D eigenvalue weighted by Gasteiger charge is -2.14. The van der Waals surface area contributed by atoms with E-state index in [1.807, 2.05) is 0 Å². The molecular weight excluding hydrogens is 529 g/mol. The van der Waals surface area contributed by atoms with Gasteiger partial charge in [-0.3, -0.25) is 14.5 Å². The molecule has 0 spiro atoms. The number of amides is 2. The van der Waals surface area contributed by atoms with Crippen LogP contribution in [0.5, 0.6) is 5.75 Å². The fourth-order valence-electron chi connectivity index (χ4n) is 2.30. The number of benzene rings is 2. The van der Waals surface area contributed by atoms with Crippen LogP contribution in [0.25, 0.3) is 6.08 Å². The first kappa shape index (κ1) is 19.8. The number of aromatic hydroxyl groups is 1. The molecule has 1 N–H and O–H groups in total. The largest absolute Gasteiger partial charge is 0.506 e. The third-order valence-electron chi connectivity index (χ3n) is 3.59. The highest BCUT2D eigenvalue weighted by Crippen LogP contribution is 2.38. The average Bonchev–Trinajstić information content (AvgIpc) is 2.83. The van der Waals surface area contributed by atoms with Crippen LogP contribution in [0.15, 0.2) is 44.2 Å². The Bertz CT molecular complexity index is 922. The van der Waals surface area contributed by atoms with E-state index in [9.17, 15) is 14.7 Å². The van der Waals surface area contributed by atoms with Crippen molar-refractivity contribution >= 4 is 84.0 Å². The van der Waals surface area contributed by atoms with Gasteiger partial charge in [-0.05, 0) is 79.5 Å². The first-order valence-electron chi connectivity index (χ1n) is 7.14. The van der Waals surface area contributed by atoms with Crippen molar-refractivity contribution in [1.82, 2.24) is 4.90 Å². The summed E-state index contributed by atoms with van der Waals surface area (Å²) in [5.74, 6) is -0.361. The minimum absolute atomic E-state index is 0.00345. The lowest BCUT2D eigenvalue weighted by molar-refractivity contribution is -0.123. The van der Waals surface area contributed by atoms with Crippen LogP contribution in [0.3, 0.4) is 0 Å². The van der Waals surface area contributed by atoms with Gasteiger partial charge in [0.15, 0.2) is 0 Å². The summed E-state index contributed by atoms with van der Waals surface area (Å²) in [4.78, 5) is 26.3. The number of carbonyl (C=O) groups excluding carboxylic acids is 2. The van der Waals surface area contributed by atoms with Crippen molar-refractivity contribution in [3.05, 3.63) is 65.4 Å². The van der Waals surface area contributed by atoms with Crippen LogP contribution in [0, 0.1) is 0 Å². The predicted octanol–water partition coefficient (Wildman–Crippen LogP) is 6.46. The maximum atomic E-state index is 12.6. The second-order valence-corrected chi connectivity index (χ2v) is 8.82. The molecule has 3 rings (SSSR count). The first-order valence-corrected chi connectivity index (χ1v) is 10.3. The Hall–Kier alpha value is -0.990. The molecule has 0 aromatic heterocycles. The van der Waals surface area contributed by atoms with Gasteiger partial charge in [-0.25, -0.2) is 0 Å². The second kappa shape index (κ2) is 7.94. The van der Waals surface area contributed by atoms with E-state index in [1.165, 1.54) is 0 Å². The van der Waals surface area contributed by atoms with Gasteiger partial charge in [-0.2, -0.15) is 0 Å². The van der Waals surface area contributed by atoms with Crippen LogP contribution in [-0.2, 0) is 11.3 Å². The summed E-state index contributed by atoms with van der Waals surface area (Å²) in [7, 11) is 0. The van der Waals surface area contributed by atoms with Gasteiger partial charge in [-0.1, -0.05) is 29.3 Å². The number of rotatable bonds is 3. The molecule has 0 bridgehead atoms. The zero-order valence-corrected chi connectivity index (χ0v) is 18.3. The highest BCUT2D eigenvalue weighted by atomic mass is 79.9. The Morgan fingerprint density at radius 2 is 1.69 bits per heavy atom. The third-order valence-corrected chi connectivity index (χ3v) is 6.41. The van der Waals surface area contributed by atoms with E-state index in [-0.39, 0.29) is 17.2 Å². The van der Waals surface area contributed by atoms with Gasteiger partial charge in [-0.15, -0.1) is 0 Å². The number of nitrogens with zero attached hydrogens (tertiary/aromatic N) is 1. The van der Waals surface area contributed by atoms with Crippen LogP contribution in [-0.4, -0.2) is 21.2 Å². The second-order valence-electron chi connectivity index (χ2n) is 5.30. The minimum atomic E-state index is -0.420. The molecular formula is C17H9Br2Cl2NO3S. The van der Waals surface area contributed by atoms with Crippen molar-refractivity contribution in [1.29, 1.82) is 0 Å². The van der Waals surface area contributed by atoms with Crippen LogP contribution in [0.4, 0.5) is 4.79 Å². The Balaban J connectivity index is 1.90. The molecule has 1 fully saturated rings. The van der Waals surface area contributed by atoms with Crippen LogP contribution in [0.1, 0.15) is 11.1 Å². The van der Waals surface area contributed by atoms with Crippen LogP contribution >= 0.6 is 66.8 Å². The van der Waals surface area contributed by atoms with Gasteiger partial charge < -0.3 is 5.11 Å². The molecule has 26 heavy (non-hydrogen) atoms. The van der Waals surface area contributed by atoms with E-state index in [1.54, 1.807) is 36.4 Å². The minimum Gasteiger partial charge on any atom is -0.506 e. The quantitative estimate of drug-likeness (QED) is 0.456. The lowest BCUT2D eigenvalue weighted by Crippen LogP contribution is -2.27. The molecule has 2 aromatic rings. The molecule has 9 heteroatoms. The van der Waals surface area contributed by atoms with Crippen LogP contribution in [0.2, 0.25) is 10.0 Å². The number of phenols is 1. The SMILES string of the molecule is O=C1S/C(=C\c2cc(Br)c(O)c(Br)c2)C(=O)N1Cc1c(Cl)cccc1Cl. The average molecular weight is 538 g/mol. The van der Waals surface area contributed by atoms with Crippen molar-refractivity contribution < 1.29 is 14.7 Å². The summed E-state index contributed by atoms with van der Waals surface area (Å²) in [6.07, 6.45) is 1.59. The topological polar surface area (TPSA) is 57.6 Å². The smallest absolute Gasteiger partial charge is 0.293 e. The van der Waals surface area contributed by atoms with E-state index >= 15 is 0 Å². The Labute approximate surface area is 180 Å². The number of hydrogen-bond donors (Lipinski definition) is 1. The van der Waals surface area contributed by atoms with E-state index in [4.69, 9.17) is 23.2 Å². The van der Waals surface area contributed by atoms with Gasteiger partial charge >= 0.3 is 0 Å². The predicted molar refractivity (Wildman–Crippen MR) is 111 cm³/mol. The Kier molecular flexibility index (Phi) is 6.04. The summed E-state index contributed by atoms with van der Waals surface area (Å²) in [6.45, 7) is 0.00345. The third kappa shape index (κ3) is 3.97. The summed E-state index contributed by atoms with van der Waals surface area (Å²) in [5.41, 5.74) is 1.18. The summed E-state index contributed by atoms with van der Waals surface area (Å²) in [6, 6.07) is 8.31. The van der Waals surface area contributed by atoms with Gasteiger partial charge in [0.2, 0.25) is 0 Å². The fraction of sp³-hybridized carbons (Fsp3) is 0.0588. The van der Waals surface area contributed by atoms with Crippen LogP contribution < -0.4 is 0 Å². The molecule has 2 amide bonds. The molecule has 0 saturated carbocycles. The summed E-state index contributed by atoms with van der Waals surface area (Å²) >= 11 is 19.6. The fourth-order valence-corrected chi connectivity index (χ4v) is 4.87. The molecule has 0 aliphatic carbocycles. The zero-order valence-electron chi connectivity index (χ0n) is 12.8. The molecule has 2 aromatic carbocycles. The van der Waals surface area contributed by atoms with E-state index < -0.39 is 11.1 Å².